The summed E-state index contributed by atoms with van der Waals surface area (Å²) in [5, 5.41) is 0. The van der Waals surface area contributed by atoms with Crippen molar-refractivity contribution in [3.05, 3.63) is 49.7 Å². The molecule has 5 nitrogen and oxygen atoms in total. The minimum atomic E-state index is -0.0443. The van der Waals surface area contributed by atoms with E-state index < -0.39 is 0 Å². The highest BCUT2D eigenvalue weighted by Gasteiger charge is 2.54. The molecule has 2 atom stereocenters. The van der Waals surface area contributed by atoms with Crippen LogP contribution in [0, 0.1) is 5.92 Å². The predicted molar refractivity (Wildman–Crippen MR) is 132 cm³/mol. The fraction of sp³-hybridized carbons (Fsp3) is 0.667. The van der Waals surface area contributed by atoms with E-state index in [1.807, 2.05) is 24.4 Å². The van der Waals surface area contributed by atoms with Crippen LogP contribution in [0.15, 0.2) is 49.7 Å². The molecule has 5 heteroatoms. The summed E-state index contributed by atoms with van der Waals surface area (Å²) in [5.41, 5.74) is 1.18. The number of hydrogen-bond donors (Lipinski definition) is 0. The topological polar surface area (TPSA) is 36.0 Å². The molecule has 32 heavy (non-hydrogen) atoms. The number of nitrogens with zero attached hydrogens (tertiary/aromatic N) is 3. The highest BCUT2D eigenvalue weighted by Crippen LogP contribution is 2.44. The Bertz CT molecular complexity index is 710. The number of hydrogen-bond acceptors (Lipinski definition) is 3. The van der Waals surface area contributed by atoms with E-state index in [1.54, 1.807) is 0 Å². The van der Waals surface area contributed by atoms with Gasteiger partial charge in [0.15, 0.2) is 0 Å². The lowest BCUT2D eigenvalue weighted by atomic mass is 9.94. The molecular weight excluding hydrogens is 398 g/mol. The number of ether oxygens (including phenoxy) is 1. The van der Waals surface area contributed by atoms with Crippen LogP contribution >= 0.6 is 0 Å². The zero-order valence-corrected chi connectivity index (χ0v) is 20.3. The Balaban J connectivity index is 1.64. The van der Waals surface area contributed by atoms with Crippen LogP contribution in [0.1, 0.15) is 58.8 Å². The van der Waals surface area contributed by atoms with Gasteiger partial charge in [-0.05, 0) is 76.5 Å². The van der Waals surface area contributed by atoms with Gasteiger partial charge in [0.05, 0.1) is 5.54 Å². The average Bonchev–Trinajstić information content (AvgIpc) is 3.31. The first-order valence-corrected chi connectivity index (χ1v) is 12.4. The number of urea groups is 1. The third-order valence-electron chi connectivity index (χ3n) is 7.55. The fourth-order valence-electron chi connectivity index (χ4n) is 6.02. The van der Waals surface area contributed by atoms with Gasteiger partial charge in [0.2, 0.25) is 0 Å². The lowest BCUT2D eigenvalue weighted by Crippen LogP contribution is -2.50. The Labute approximate surface area is 195 Å². The SMILES string of the molecule is C=C/C=C(\C=C)CCCN(C=C)C1CCC2(C1)CN(CC1CCOCC1)C(=O)N2C(C)C. The van der Waals surface area contributed by atoms with Crippen LogP contribution < -0.4 is 0 Å². The van der Waals surface area contributed by atoms with Crippen LogP contribution in [0.2, 0.25) is 0 Å². The van der Waals surface area contributed by atoms with Crippen molar-refractivity contribution >= 4 is 6.03 Å². The first-order chi connectivity index (χ1) is 15.4. The summed E-state index contributed by atoms with van der Waals surface area (Å²) < 4.78 is 5.52. The maximum Gasteiger partial charge on any atom is 0.320 e. The Hall–Kier alpha value is -2.01. The number of amides is 2. The maximum absolute atomic E-state index is 13.4. The van der Waals surface area contributed by atoms with Crippen LogP contribution in [-0.4, -0.2) is 71.2 Å². The van der Waals surface area contributed by atoms with Crippen molar-refractivity contribution in [2.45, 2.75) is 76.4 Å². The third kappa shape index (κ3) is 5.48. The van der Waals surface area contributed by atoms with Gasteiger partial charge in [-0.2, -0.15) is 0 Å². The first kappa shape index (κ1) is 24.6. The number of rotatable bonds is 11. The van der Waals surface area contributed by atoms with Crippen LogP contribution in [0.3, 0.4) is 0 Å². The molecule has 178 valence electrons. The Morgan fingerprint density at radius 1 is 1.25 bits per heavy atom. The van der Waals surface area contributed by atoms with Crippen molar-refractivity contribution in [1.82, 2.24) is 14.7 Å². The number of carbonyl (C=O) groups is 1. The van der Waals surface area contributed by atoms with Gasteiger partial charge in [0.25, 0.3) is 0 Å². The summed E-state index contributed by atoms with van der Waals surface area (Å²) in [6.07, 6.45) is 15.2. The molecule has 0 aromatic heterocycles. The molecule has 2 amide bonds. The fourth-order valence-corrected chi connectivity index (χ4v) is 6.02. The third-order valence-corrected chi connectivity index (χ3v) is 7.55. The summed E-state index contributed by atoms with van der Waals surface area (Å²) in [5.74, 6) is 0.571. The number of allylic oxidation sites excluding steroid dienone is 4. The summed E-state index contributed by atoms with van der Waals surface area (Å²) >= 11 is 0. The zero-order valence-electron chi connectivity index (χ0n) is 20.3. The molecule has 0 radical (unpaired) electrons. The monoisotopic (exact) mass is 441 g/mol. The molecule has 3 fully saturated rings. The predicted octanol–water partition coefficient (Wildman–Crippen LogP) is 5.37. The zero-order chi connectivity index (χ0) is 23.1. The first-order valence-electron chi connectivity index (χ1n) is 12.4. The number of carbonyl (C=O) groups excluding carboxylic acids is 1. The average molecular weight is 442 g/mol. The van der Waals surface area contributed by atoms with Crippen LogP contribution in [0.25, 0.3) is 0 Å². The molecule has 0 aromatic rings. The van der Waals surface area contributed by atoms with E-state index in [0.29, 0.717) is 12.0 Å². The van der Waals surface area contributed by atoms with Crippen molar-refractivity contribution < 1.29 is 9.53 Å². The van der Waals surface area contributed by atoms with E-state index in [4.69, 9.17) is 4.74 Å². The molecule has 2 unspecified atom stereocenters. The minimum absolute atomic E-state index is 0.0443. The Morgan fingerprint density at radius 3 is 2.62 bits per heavy atom. The quantitative estimate of drug-likeness (QED) is 0.404. The van der Waals surface area contributed by atoms with Gasteiger partial charge < -0.3 is 19.4 Å². The van der Waals surface area contributed by atoms with Gasteiger partial charge in [-0.1, -0.05) is 38.0 Å². The maximum atomic E-state index is 13.4. The van der Waals surface area contributed by atoms with Gasteiger partial charge in [-0.25, -0.2) is 4.79 Å². The lowest BCUT2D eigenvalue weighted by molar-refractivity contribution is 0.0575. The van der Waals surface area contributed by atoms with Crippen molar-refractivity contribution in [3.8, 4) is 0 Å². The molecule has 0 N–H and O–H groups in total. The standard InChI is InChI=1S/C27H43N3O2/c1-6-10-23(7-2)11-9-16-28(8-3)25-12-15-27(19-25)21-29(26(31)30(27)22(4)5)20-24-13-17-32-18-14-24/h6-8,10,22,24-25H,1-3,9,11-21H2,4-5H3/b23-10+. The lowest BCUT2D eigenvalue weighted by Gasteiger charge is -2.37. The van der Waals surface area contributed by atoms with E-state index in [1.165, 1.54) is 5.57 Å². The molecule has 0 bridgehead atoms. The van der Waals surface area contributed by atoms with E-state index >= 15 is 0 Å². The van der Waals surface area contributed by atoms with E-state index in [0.717, 1.165) is 77.8 Å². The molecule has 2 aliphatic heterocycles. The summed E-state index contributed by atoms with van der Waals surface area (Å²) in [4.78, 5) is 20.2. The Morgan fingerprint density at radius 2 is 2.00 bits per heavy atom. The second kappa shape index (κ2) is 11.2. The molecule has 3 aliphatic rings. The van der Waals surface area contributed by atoms with E-state index in [-0.39, 0.29) is 17.6 Å². The molecule has 2 saturated heterocycles. The van der Waals surface area contributed by atoms with E-state index in [2.05, 4.69) is 48.3 Å². The van der Waals surface area contributed by atoms with Gasteiger partial charge in [-0.3, -0.25) is 0 Å². The second-order valence-corrected chi connectivity index (χ2v) is 10.0. The van der Waals surface area contributed by atoms with Crippen molar-refractivity contribution in [2.24, 2.45) is 5.92 Å². The smallest absolute Gasteiger partial charge is 0.320 e. The minimum Gasteiger partial charge on any atom is -0.381 e. The molecular formula is C27H43N3O2. The van der Waals surface area contributed by atoms with Crippen LogP contribution in [0.5, 0.6) is 0 Å². The summed E-state index contributed by atoms with van der Waals surface area (Å²) in [7, 11) is 0. The van der Waals surface area contributed by atoms with Crippen molar-refractivity contribution in [1.29, 1.82) is 0 Å². The molecule has 1 saturated carbocycles. The van der Waals surface area contributed by atoms with Gasteiger partial charge >= 0.3 is 6.03 Å². The summed E-state index contributed by atoms with van der Waals surface area (Å²) in [6.45, 7) is 20.5. The van der Waals surface area contributed by atoms with Gasteiger partial charge in [-0.15, -0.1) is 0 Å². The van der Waals surface area contributed by atoms with Crippen molar-refractivity contribution in [2.75, 3.05) is 32.8 Å². The molecule has 0 aromatic carbocycles. The van der Waals surface area contributed by atoms with Crippen molar-refractivity contribution in [3.63, 3.8) is 0 Å². The Kier molecular flexibility index (Phi) is 8.64. The molecule has 2 heterocycles. The molecule has 1 aliphatic carbocycles. The van der Waals surface area contributed by atoms with E-state index in [9.17, 15) is 4.79 Å². The largest absolute Gasteiger partial charge is 0.381 e. The van der Waals surface area contributed by atoms with Gasteiger partial charge in [0, 0.05) is 44.9 Å². The highest BCUT2D eigenvalue weighted by molar-refractivity contribution is 5.78. The molecule has 1 spiro atoms. The highest BCUT2D eigenvalue weighted by atomic mass is 16.5. The molecule has 3 rings (SSSR count). The normalized spacial score (nSPS) is 26.9. The second-order valence-electron chi connectivity index (χ2n) is 10.0. The summed E-state index contributed by atoms with van der Waals surface area (Å²) in [6, 6.07) is 0.903. The van der Waals surface area contributed by atoms with Crippen LogP contribution in [0.4, 0.5) is 4.79 Å². The van der Waals surface area contributed by atoms with Gasteiger partial charge in [0.1, 0.15) is 0 Å². The van der Waals surface area contributed by atoms with Crippen LogP contribution in [-0.2, 0) is 4.74 Å².